The van der Waals surface area contributed by atoms with Crippen LogP contribution in [-0.4, -0.2) is 15.2 Å². The summed E-state index contributed by atoms with van der Waals surface area (Å²) in [4.78, 5) is 4.48. The molecule has 0 amide bonds. The molecule has 24 heavy (non-hydrogen) atoms. The first-order chi connectivity index (χ1) is 11.7. The van der Waals surface area contributed by atoms with E-state index < -0.39 is 0 Å². The molecule has 1 N–H and O–H groups in total. The van der Waals surface area contributed by atoms with Gasteiger partial charge in [0, 0.05) is 10.6 Å². The fourth-order valence-electron chi connectivity index (χ4n) is 2.24. The van der Waals surface area contributed by atoms with E-state index in [1.165, 1.54) is 23.5 Å². The van der Waals surface area contributed by atoms with Gasteiger partial charge in [0.25, 0.3) is 0 Å². The van der Waals surface area contributed by atoms with Gasteiger partial charge in [-0.05, 0) is 54.6 Å². The second kappa shape index (κ2) is 6.14. The fraction of sp³-hybridized carbons (Fsp3) is 0. The molecule has 0 atom stereocenters. The lowest BCUT2D eigenvalue weighted by Crippen LogP contribution is -1.96. The third-order valence-electron chi connectivity index (χ3n) is 3.39. The quantitative estimate of drug-likeness (QED) is 0.542. The Hall–Kier alpha value is -2.57. The van der Waals surface area contributed by atoms with Gasteiger partial charge in [0.1, 0.15) is 5.82 Å². The lowest BCUT2D eigenvalue weighted by Gasteiger charge is -2.03. The molecule has 0 spiro atoms. The number of nitrogens with one attached hydrogen (secondary N) is 1. The molecule has 4 nitrogen and oxygen atoms in total. The van der Waals surface area contributed by atoms with Crippen molar-refractivity contribution in [2.45, 2.75) is 0 Å². The van der Waals surface area contributed by atoms with Crippen LogP contribution in [-0.2, 0) is 0 Å². The van der Waals surface area contributed by atoms with E-state index in [9.17, 15) is 4.39 Å². The summed E-state index contributed by atoms with van der Waals surface area (Å²) >= 11 is 7.48. The maximum Gasteiger partial charge on any atom is 0.189 e. The Morgan fingerprint density at radius 3 is 2.54 bits per heavy atom. The van der Waals surface area contributed by atoms with Gasteiger partial charge in [0.15, 0.2) is 10.9 Å². The summed E-state index contributed by atoms with van der Waals surface area (Å²) in [5.41, 5.74) is 2.37. The predicted octanol–water partition coefficient (Wildman–Crippen LogP) is 5.29. The van der Waals surface area contributed by atoms with Gasteiger partial charge < -0.3 is 5.32 Å². The van der Waals surface area contributed by atoms with Gasteiger partial charge in [-0.15, -0.1) is 10.2 Å². The van der Waals surface area contributed by atoms with Crippen LogP contribution in [0.3, 0.4) is 0 Å². The van der Waals surface area contributed by atoms with Crippen LogP contribution in [0.25, 0.3) is 21.5 Å². The molecule has 2 aromatic heterocycles. The zero-order valence-electron chi connectivity index (χ0n) is 12.2. The van der Waals surface area contributed by atoms with E-state index in [1.807, 2.05) is 30.3 Å². The minimum Gasteiger partial charge on any atom is -0.315 e. The Kier molecular flexibility index (Phi) is 3.84. The van der Waals surface area contributed by atoms with E-state index in [1.54, 1.807) is 12.1 Å². The Morgan fingerprint density at radius 2 is 1.79 bits per heavy atom. The van der Waals surface area contributed by atoms with E-state index >= 15 is 0 Å². The van der Waals surface area contributed by atoms with Crippen LogP contribution in [0.5, 0.6) is 0 Å². The summed E-state index contributed by atoms with van der Waals surface area (Å²) in [6.07, 6.45) is 0. The smallest absolute Gasteiger partial charge is 0.189 e. The number of nitrogens with zero attached hydrogens (tertiary/aromatic N) is 3. The highest BCUT2D eigenvalue weighted by Crippen LogP contribution is 2.30. The minimum absolute atomic E-state index is 0.277. The highest BCUT2D eigenvalue weighted by molar-refractivity contribution is 7.22. The van der Waals surface area contributed by atoms with Gasteiger partial charge in [-0.3, -0.25) is 0 Å². The molecule has 2 aromatic carbocycles. The Labute approximate surface area is 146 Å². The van der Waals surface area contributed by atoms with Crippen molar-refractivity contribution in [3.8, 4) is 11.3 Å². The summed E-state index contributed by atoms with van der Waals surface area (Å²) in [5.74, 6) is 0.312. The number of hydrogen-bond acceptors (Lipinski definition) is 5. The Balaban J connectivity index is 1.57. The highest BCUT2D eigenvalue weighted by atomic mass is 35.5. The predicted molar refractivity (Wildman–Crippen MR) is 95.3 cm³/mol. The van der Waals surface area contributed by atoms with E-state index in [0.717, 1.165) is 20.9 Å². The first kappa shape index (κ1) is 15.0. The molecule has 0 aliphatic heterocycles. The van der Waals surface area contributed by atoms with Crippen LogP contribution in [0.1, 0.15) is 0 Å². The second-order valence-corrected chi connectivity index (χ2v) is 6.53. The van der Waals surface area contributed by atoms with E-state index in [2.05, 4.69) is 20.5 Å². The lowest BCUT2D eigenvalue weighted by molar-refractivity contribution is 0.628. The highest BCUT2D eigenvalue weighted by Gasteiger charge is 2.06. The van der Waals surface area contributed by atoms with Crippen LogP contribution in [0, 0.1) is 5.82 Å². The molecule has 4 aromatic rings. The summed E-state index contributed by atoms with van der Waals surface area (Å²) in [6.45, 7) is 0. The van der Waals surface area contributed by atoms with E-state index in [4.69, 9.17) is 11.6 Å². The van der Waals surface area contributed by atoms with Crippen LogP contribution in [0.4, 0.5) is 15.3 Å². The first-order valence-corrected chi connectivity index (χ1v) is 8.30. The number of anilines is 2. The molecule has 0 saturated carbocycles. The molecule has 0 saturated heterocycles. The van der Waals surface area contributed by atoms with Crippen LogP contribution in [0.15, 0.2) is 54.6 Å². The number of hydrogen-bond donors (Lipinski definition) is 1. The number of thiazole rings is 1. The first-order valence-electron chi connectivity index (χ1n) is 7.10. The van der Waals surface area contributed by atoms with Crippen molar-refractivity contribution >= 4 is 44.1 Å². The van der Waals surface area contributed by atoms with Gasteiger partial charge >= 0.3 is 0 Å². The number of rotatable bonds is 3. The molecular weight excluding hydrogens is 347 g/mol. The number of aromatic nitrogens is 3. The lowest BCUT2D eigenvalue weighted by atomic mass is 10.1. The Morgan fingerprint density at radius 1 is 0.958 bits per heavy atom. The van der Waals surface area contributed by atoms with Gasteiger partial charge in [-0.1, -0.05) is 22.9 Å². The monoisotopic (exact) mass is 356 g/mol. The minimum atomic E-state index is -0.277. The topological polar surface area (TPSA) is 50.7 Å². The zero-order chi connectivity index (χ0) is 16.5. The average Bonchev–Trinajstić information content (AvgIpc) is 2.98. The maximum atomic E-state index is 13.0. The average molecular weight is 357 g/mol. The van der Waals surface area contributed by atoms with E-state index in [0.29, 0.717) is 16.5 Å². The normalized spacial score (nSPS) is 10.9. The van der Waals surface area contributed by atoms with Gasteiger partial charge in [0.2, 0.25) is 0 Å². The van der Waals surface area contributed by atoms with Crippen molar-refractivity contribution < 1.29 is 4.39 Å². The molecule has 2 heterocycles. The third kappa shape index (κ3) is 3.06. The number of fused-ring (bicyclic) bond motifs is 1. The summed E-state index contributed by atoms with van der Waals surface area (Å²) in [5, 5.41) is 12.8. The second-order valence-electron chi connectivity index (χ2n) is 5.07. The molecular formula is C17H10ClFN4S. The molecule has 118 valence electrons. The Bertz CT molecular complexity index is 999. The largest absolute Gasteiger partial charge is 0.315 e. The standard InChI is InChI=1S/C17H10ClFN4S/c18-11-3-6-14-15(9-11)24-17(20-14)21-16-8-7-13(22-23-16)10-1-4-12(19)5-2-10/h1-9H,(H,20,21,23). The van der Waals surface area contributed by atoms with Gasteiger partial charge in [0.05, 0.1) is 15.9 Å². The third-order valence-corrected chi connectivity index (χ3v) is 4.56. The van der Waals surface area contributed by atoms with Crippen LogP contribution < -0.4 is 5.32 Å². The molecule has 0 bridgehead atoms. The molecule has 4 rings (SSSR count). The molecule has 0 fully saturated rings. The van der Waals surface area contributed by atoms with E-state index in [-0.39, 0.29) is 5.82 Å². The van der Waals surface area contributed by atoms with Crippen molar-refractivity contribution in [2.24, 2.45) is 0 Å². The van der Waals surface area contributed by atoms with Crippen molar-refractivity contribution in [2.75, 3.05) is 5.32 Å². The molecule has 0 unspecified atom stereocenters. The fourth-order valence-corrected chi connectivity index (χ4v) is 3.38. The van der Waals surface area contributed by atoms with Crippen molar-refractivity contribution in [3.05, 3.63) is 65.4 Å². The van der Waals surface area contributed by atoms with Crippen molar-refractivity contribution in [1.82, 2.24) is 15.2 Å². The van der Waals surface area contributed by atoms with Crippen molar-refractivity contribution in [1.29, 1.82) is 0 Å². The van der Waals surface area contributed by atoms with Gasteiger partial charge in [-0.25, -0.2) is 9.37 Å². The molecule has 7 heteroatoms. The van der Waals surface area contributed by atoms with Gasteiger partial charge in [-0.2, -0.15) is 0 Å². The number of benzene rings is 2. The molecule has 0 aliphatic rings. The summed E-state index contributed by atoms with van der Waals surface area (Å²) in [6, 6.07) is 15.3. The SMILES string of the molecule is Fc1ccc(-c2ccc(Nc3nc4ccc(Cl)cc4s3)nn2)cc1. The summed E-state index contributed by atoms with van der Waals surface area (Å²) < 4.78 is 14.0. The van der Waals surface area contributed by atoms with Crippen molar-refractivity contribution in [3.63, 3.8) is 0 Å². The molecule has 0 aliphatic carbocycles. The van der Waals surface area contributed by atoms with Crippen LogP contribution >= 0.6 is 22.9 Å². The van der Waals surface area contributed by atoms with Crippen LogP contribution in [0.2, 0.25) is 5.02 Å². The molecule has 0 radical (unpaired) electrons. The zero-order valence-corrected chi connectivity index (χ0v) is 13.8. The maximum absolute atomic E-state index is 13.0. The summed E-state index contributed by atoms with van der Waals surface area (Å²) in [7, 11) is 0. The number of halogens is 2.